The van der Waals surface area contributed by atoms with E-state index in [0.29, 0.717) is 30.2 Å². The maximum absolute atomic E-state index is 13.4. The van der Waals surface area contributed by atoms with Crippen molar-refractivity contribution in [3.8, 4) is 17.4 Å². The Morgan fingerprint density at radius 3 is 2.96 bits per heavy atom. The number of halogens is 1. The third kappa shape index (κ3) is 4.11. The molecule has 2 heterocycles. The van der Waals surface area contributed by atoms with E-state index < -0.39 is 0 Å². The van der Waals surface area contributed by atoms with Crippen molar-refractivity contribution in [2.24, 2.45) is 5.92 Å². The van der Waals surface area contributed by atoms with E-state index in [-0.39, 0.29) is 24.2 Å². The molecular formula is C22H19FN2O3. The maximum atomic E-state index is 13.4. The van der Waals surface area contributed by atoms with Gasteiger partial charge in [0.25, 0.3) is 0 Å². The summed E-state index contributed by atoms with van der Waals surface area (Å²) in [6.07, 6.45) is 2.23. The fraction of sp³-hybridized carbons (Fsp3) is 0.182. The van der Waals surface area contributed by atoms with E-state index in [2.05, 4.69) is 10.3 Å². The van der Waals surface area contributed by atoms with E-state index in [0.717, 1.165) is 11.3 Å². The first-order chi connectivity index (χ1) is 13.7. The Morgan fingerprint density at radius 1 is 1.18 bits per heavy atom. The number of nitrogens with one attached hydrogen (secondary N) is 1. The van der Waals surface area contributed by atoms with Crippen molar-refractivity contribution in [3.63, 3.8) is 0 Å². The van der Waals surface area contributed by atoms with Crippen molar-refractivity contribution in [2.75, 3.05) is 6.61 Å². The van der Waals surface area contributed by atoms with Gasteiger partial charge >= 0.3 is 0 Å². The van der Waals surface area contributed by atoms with E-state index >= 15 is 0 Å². The van der Waals surface area contributed by atoms with Gasteiger partial charge in [-0.3, -0.25) is 4.79 Å². The number of benzene rings is 2. The van der Waals surface area contributed by atoms with Crippen molar-refractivity contribution in [3.05, 3.63) is 83.8 Å². The average molecular weight is 378 g/mol. The molecule has 2 aromatic carbocycles. The highest BCUT2D eigenvalue weighted by Gasteiger charge is 2.25. The van der Waals surface area contributed by atoms with E-state index in [9.17, 15) is 9.18 Å². The van der Waals surface area contributed by atoms with E-state index in [1.165, 1.54) is 12.1 Å². The highest BCUT2D eigenvalue weighted by atomic mass is 19.1. The van der Waals surface area contributed by atoms with Crippen molar-refractivity contribution in [1.82, 2.24) is 10.3 Å². The monoisotopic (exact) mass is 378 g/mol. The molecule has 1 N–H and O–H groups in total. The fourth-order valence-electron chi connectivity index (χ4n) is 3.12. The molecule has 1 amide bonds. The van der Waals surface area contributed by atoms with Crippen LogP contribution in [0.5, 0.6) is 17.4 Å². The van der Waals surface area contributed by atoms with E-state index in [4.69, 9.17) is 9.47 Å². The van der Waals surface area contributed by atoms with Gasteiger partial charge in [-0.2, -0.15) is 0 Å². The number of nitrogens with zero attached hydrogens (tertiary/aromatic N) is 1. The van der Waals surface area contributed by atoms with Crippen LogP contribution in [-0.4, -0.2) is 17.5 Å². The van der Waals surface area contributed by atoms with Gasteiger partial charge in [0.1, 0.15) is 23.9 Å². The van der Waals surface area contributed by atoms with Crippen LogP contribution >= 0.6 is 0 Å². The number of para-hydroxylation sites is 1. The Balaban J connectivity index is 1.41. The van der Waals surface area contributed by atoms with Gasteiger partial charge in [-0.1, -0.05) is 30.3 Å². The molecule has 0 unspecified atom stereocenters. The van der Waals surface area contributed by atoms with Gasteiger partial charge in [0.05, 0.1) is 5.92 Å². The summed E-state index contributed by atoms with van der Waals surface area (Å²) in [5.74, 6) is 0.793. The molecule has 0 fully saturated rings. The van der Waals surface area contributed by atoms with Gasteiger partial charge in [0, 0.05) is 24.4 Å². The zero-order chi connectivity index (χ0) is 19.3. The van der Waals surface area contributed by atoms with Gasteiger partial charge in [0.2, 0.25) is 11.8 Å². The molecule has 0 aliphatic carbocycles. The number of aromatic nitrogens is 1. The SMILES string of the molecule is O=C(NCc1cccnc1Oc1cccc(F)c1)[C@@H]1COc2ccccc2C1. The molecule has 0 saturated carbocycles. The number of rotatable bonds is 5. The normalized spacial score (nSPS) is 15.2. The lowest BCUT2D eigenvalue weighted by Crippen LogP contribution is -2.37. The highest BCUT2D eigenvalue weighted by molar-refractivity contribution is 5.79. The summed E-state index contributed by atoms with van der Waals surface area (Å²) in [5.41, 5.74) is 1.74. The van der Waals surface area contributed by atoms with Gasteiger partial charge in [-0.15, -0.1) is 0 Å². The molecule has 0 radical (unpaired) electrons. The number of pyridine rings is 1. The minimum atomic E-state index is -0.388. The molecule has 0 saturated heterocycles. The summed E-state index contributed by atoms with van der Waals surface area (Å²) in [4.78, 5) is 16.8. The van der Waals surface area contributed by atoms with Crippen molar-refractivity contribution < 1.29 is 18.7 Å². The molecule has 28 heavy (non-hydrogen) atoms. The number of carbonyl (C=O) groups excluding carboxylic acids is 1. The summed E-state index contributed by atoms with van der Waals surface area (Å²) in [5, 5.41) is 2.92. The Bertz CT molecular complexity index is 993. The standard InChI is InChI=1S/C22H19FN2O3/c23-18-7-3-8-19(12-18)28-22-16(6-4-10-24-22)13-25-21(26)17-11-15-5-1-2-9-20(15)27-14-17/h1-10,12,17H,11,13-14H2,(H,25,26)/t17-/m0/s1. The summed E-state index contributed by atoms with van der Waals surface area (Å²) >= 11 is 0. The molecule has 0 spiro atoms. The van der Waals surface area contributed by atoms with Crippen molar-refractivity contribution in [2.45, 2.75) is 13.0 Å². The molecule has 142 valence electrons. The van der Waals surface area contributed by atoms with Gasteiger partial charge in [-0.05, 0) is 36.2 Å². The Hall–Kier alpha value is -3.41. The van der Waals surface area contributed by atoms with Gasteiger partial charge < -0.3 is 14.8 Å². The summed E-state index contributed by atoms with van der Waals surface area (Å²) < 4.78 is 24.7. The topological polar surface area (TPSA) is 60.5 Å². The van der Waals surface area contributed by atoms with Crippen LogP contribution in [0.2, 0.25) is 0 Å². The molecular weight excluding hydrogens is 359 g/mol. The molecule has 3 aromatic rings. The number of carbonyl (C=O) groups is 1. The van der Waals surface area contributed by atoms with Crippen LogP contribution in [0, 0.1) is 11.7 Å². The minimum absolute atomic E-state index is 0.0879. The van der Waals surface area contributed by atoms with E-state index in [1.807, 2.05) is 30.3 Å². The second kappa shape index (κ2) is 8.08. The number of ether oxygens (including phenoxy) is 2. The number of amides is 1. The summed E-state index contributed by atoms with van der Waals surface area (Å²) in [6.45, 7) is 0.609. The lowest BCUT2D eigenvalue weighted by molar-refractivity contribution is -0.126. The number of hydrogen-bond acceptors (Lipinski definition) is 4. The predicted octanol–water partition coefficient (Wildman–Crippen LogP) is 3.88. The summed E-state index contributed by atoms with van der Waals surface area (Å²) in [7, 11) is 0. The van der Waals surface area contributed by atoms with Crippen LogP contribution in [0.15, 0.2) is 66.9 Å². The Kier molecular flexibility index (Phi) is 5.19. The molecule has 1 aliphatic heterocycles. The second-order valence-electron chi connectivity index (χ2n) is 6.56. The molecule has 1 aromatic heterocycles. The zero-order valence-electron chi connectivity index (χ0n) is 15.1. The van der Waals surface area contributed by atoms with Gasteiger partial charge in [0.15, 0.2) is 0 Å². The first-order valence-corrected chi connectivity index (χ1v) is 9.05. The van der Waals surface area contributed by atoms with Crippen LogP contribution in [-0.2, 0) is 17.8 Å². The maximum Gasteiger partial charge on any atom is 0.227 e. The van der Waals surface area contributed by atoms with Crippen LogP contribution in [0.25, 0.3) is 0 Å². The molecule has 6 heteroatoms. The Labute approximate surface area is 162 Å². The predicted molar refractivity (Wildman–Crippen MR) is 102 cm³/mol. The van der Waals surface area contributed by atoms with Crippen LogP contribution in [0.4, 0.5) is 4.39 Å². The van der Waals surface area contributed by atoms with E-state index in [1.54, 1.807) is 24.4 Å². The first-order valence-electron chi connectivity index (χ1n) is 9.05. The molecule has 4 rings (SSSR count). The lowest BCUT2D eigenvalue weighted by Gasteiger charge is -2.24. The lowest BCUT2D eigenvalue weighted by atomic mass is 9.96. The van der Waals surface area contributed by atoms with Crippen LogP contribution < -0.4 is 14.8 Å². The third-order valence-corrected chi connectivity index (χ3v) is 4.56. The average Bonchev–Trinajstić information content (AvgIpc) is 2.72. The molecule has 0 bridgehead atoms. The largest absolute Gasteiger partial charge is 0.492 e. The fourth-order valence-corrected chi connectivity index (χ4v) is 3.12. The van der Waals surface area contributed by atoms with Crippen molar-refractivity contribution in [1.29, 1.82) is 0 Å². The summed E-state index contributed by atoms with van der Waals surface area (Å²) in [6, 6.07) is 17.2. The van der Waals surface area contributed by atoms with Gasteiger partial charge in [-0.25, -0.2) is 9.37 Å². The quantitative estimate of drug-likeness (QED) is 0.732. The third-order valence-electron chi connectivity index (χ3n) is 4.56. The van der Waals surface area contributed by atoms with Crippen LogP contribution in [0.1, 0.15) is 11.1 Å². The van der Waals surface area contributed by atoms with Crippen molar-refractivity contribution >= 4 is 5.91 Å². The number of fused-ring (bicyclic) bond motifs is 1. The molecule has 5 nitrogen and oxygen atoms in total. The zero-order valence-corrected chi connectivity index (χ0v) is 15.1. The van der Waals surface area contributed by atoms with Crippen LogP contribution in [0.3, 0.4) is 0 Å². The minimum Gasteiger partial charge on any atom is -0.492 e. The number of hydrogen-bond donors (Lipinski definition) is 1. The highest BCUT2D eigenvalue weighted by Crippen LogP contribution is 2.27. The first kappa shape index (κ1) is 18.0. The molecule has 1 atom stereocenters. The Morgan fingerprint density at radius 2 is 2.07 bits per heavy atom. The molecule has 1 aliphatic rings. The second-order valence-corrected chi connectivity index (χ2v) is 6.56. The smallest absolute Gasteiger partial charge is 0.227 e.